The van der Waals surface area contributed by atoms with Gasteiger partial charge in [-0.05, 0) is 12.1 Å². The Bertz CT molecular complexity index is 707. The fraction of sp³-hybridized carbons (Fsp3) is 0.0714. The molecule has 0 fully saturated rings. The lowest BCUT2D eigenvalue weighted by Gasteiger charge is -2.02. The van der Waals surface area contributed by atoms with E-state index in [2.05, 4.69) is 15.3 Å². The number of benzene rings is 1. The fourth-order valence-electron chi connectivity index (χ4n) is 1.89. The number of anilines is 1. The van der Waals surface area contributed by atoms with Crippen LogP contribution in [-0.4, -0.2) is 15.9 Å². The molecule has 94 valence electrons. The highest BCUT2D eigenvalue weighted by Crippen LogP contribution is 2.21. The van der Waals surface area contributed by atoms with Gasteiger partial charge in [0.1, 0.15) is 17.7 Å². The van der Waals surface area contributed by atoms with Crippen LogP contribution < -0.4 is 5.32 Å². The van der Waals surface area contributed by atoms with Crippen molar-refractivity contribution in [1.29, 1.82) is 0 Å². The van der Waals surface area contributed by atoms with Crippen LogP contribution in [0.4, 0.5) is 5.82 Å². The van der Waals surface area contributed by atoms with E-state index in [0.717, 1.165) is 16.5 Å². The van der Waals surface area contributed by atoms with Crippen LogP contribution in [0.5, 0.6) is 0 Å². The predicted octanol–water partition coefficient (Wildman–Crippen LogP) is 2.40. The van der Waals surface area contributed by atoms with Crippen molar-refractivity contribution in [2.24, 2.45) is 0 Å². The van der Waals surface area contributed by atoms with Gasteiger partial charge in [0.05, 0.1) is 12.7 Å². The molecular weight excluding hydrogens is 242 g/mol. The maximum atomic E-state index is 11.9. The number of nitrogens with zero attached hydrogens (tertiary/aromatic N) is 2. The number of amides is 1. The summed E-state index contributed by atoms with van der Waals surface area (Å²) in [5.41, 5.74) is 1.65. The van der Waals surface area contributed by atoms with E-state index in [-0.39, 0.29) is 12.3 Å². The average molecular weight is 253 g/mol. The lowest BCUT2D eigenvalue weighted by atomic mass is 10.1. The SMILES string of the molecule is O=C(Cc1coc2ccccc12)Nc1ccncn1. The molecule has 5 nitrogen and oxygen atoms in total. The fourth-order valence-corrected chi connectivity index (χ4v) is 1.89. The molecule has 1 aromatic carbocycles. The highest BCUT2D eigenvalue weighted by atomic mass is 16.3. The van der Waals surface area contributed by atoms with Crippen molar-refractivity contribution in [1.82, 2.24) is 9.97 Å². The quantitative estimate of drug-likeness (QED) is 0.778. The summed E-state index contributed by atoms with van der Waals surface area (Å²) in [6.45, 7) is 0. The predicted molar refractivity (Wildman–Crippen MR) is 70.6 cm³/mol. The molecule has 0 radical (unpaired) electrons. The number of carbonyl (C=O) groups is 1. The summed E-state index contributed by atoms with van der Waals surface area (Å²) in [6, 6.07) is 9.28. The van der Waals surface area contributed by atoms with Crippen molar-refractivity contribution in [3.63, 3.8) is 0 Å². The maximum absolute atomic E-state index is 11.9. The number of hydrogen-bond donors (Lipinski definition) is 1. The summed E-state index contributed by atoms with van der Waals surface area (Å²) in [7, 11) is 0. The molecule has 0 atom stereocenters. The van der Waals surface area contributed by atoms with Crippen LogP contribution >= 0.6 is 0 Å². The third kappa shape index (κ3) is 2.44. The Kier molecular flexibility index (Phi) is 2.94. The number of nitrogens with one attached hydrogen (secondary N) is 1. The highest BCUT2D eigenvalue weighted by Gasteiger charge is 2.10. The molecule has 5 heteroatoms. The Hall–Kier alpha value is -2.69. The van der Waals surface area contributed by atoms with Crippen molar-refractivity contribution in [3.8, 4) is 0 Å². The lowest BCUT2D eigenvalue weighted by Crippen LogP contribution is -2.15. The van der Waals surface area contributed by atoms with E-state index in [1.807, 2.05) is 24.3 Å². The minimum atomic E-state index is -0.134. The monoisotopic (exact) mass is 253 g/mol. The van der Waals surface area contributed by atoms with Crippen LogP contribution in [0, 0.1) is 0 Å². The molecule has 0 bridgehead atoms. The van der Waals surface area contributed by atoms with E-state index >= 15 is 0 Å². The molecule has 0 aliphatic carbocycles. The normalized spacial score (nSPS) is 10.5. The molecule has 3 aromatic rings. The van der Waals surface area contributed by atoms with Crippen molar-refractivity contribution in [3.05, 3.63) is 54.7 Å². The number of hydrogen-bond acceptors (Lipinski definition) is 4. The molecular formula is C14H11N3O2. The van der Waals surface area contributed by atoms with E-state index in [9.17, 15) is 4.79 Å². The minimum Gasteiger partial charge on any atom is -0.464 e. The van der Waals surface area contributed by atoms with Crippen LogP contribution in [0.1, 0.15) is 5.56 Å². The van der Waals surface area contributed by atoms with Crippen LogP contribution in [0.15, 0.2) is 53.5 Å². The molecule has 19 heavy (non-hydrogen) atoms. The van der Waals surface area contributed by atoms with Gasteiger partial charge in [0.25, 0.3) is 0 Å². The van der Waals surface area contributed by atoms with Crippen LogP contribution in [0.3, 0.4) is 0 Å². The first kappa shape index (κ1) is 11.4. The van der Waals surface area contributed by atoms with Gasteiger partial charge in [-0.15, -0.1) is 0 Å². The number of fused-ring (bicyclic) bond motifs is 1. The second kappa shape index (κ2) is 4.89. The number of para-hydroxylation sites is 1. The van der Waals surface area contributed by atoms with Gasteiger partial charge >= 0.3 is 0 Å². The summed E-state index contributed by atoms with van der Waals surface area (Å²) in [5.74, 6) is 0.359. The van der Waals surface area contributed by atoms with Crippen LogP contribution in [-0.2, 0) is 11.2 Å². The van der Waals surface area contributed by atoms with Crippen molar-refractivity contribution in [2.45, 2.75) is 6.42 Å². The smallest absolute Gasteiger partial charge is 0.230 e. The van der Waals surface area contributed by atoms with Gasteiger partial charge in [0, 0.05) is 17.1 Å². The topological polar surface area (TPSA) is 68.0 Å². The second-order valence-corrected chi connectivity index (χ2v) is 4.08. The number of aromatic nitrogens is 2. The largest absolute Gasteiger partial charge is 0.464 e. The van der Waals surface area contributed by atoms with Gasteiger partial charge in [0.15, 0.2) is 0 Å². The summed E-state index contributed by atoms with van der Waals surface area (Å²) in [4.78, 5) is 19.6. The van der Waals surface area contributed by atoms with E-state index in [1.54, 1.807) is 18.5 Å². The molecule has 0 unspecified atom stereocenters. The number of rotatable bonds is 3. The minimum absolute atomic E-state index is 0.134. The Balaban J connectivity index is 1.76. The summed E-state index contributed by atoms with van der Waals surface area (Å²) >= 11 is 0. The molecule has 3 rings (SSSR count). The van der Waals surface area contributed by atoms with E-state index in [4.69, 9.17) is 4.42 Å². The zero-order valence-electron chi connectivity index (χ0n) is 10.0. The zero-order chi connectivity index (χ0) is 13.1. The number of carbonyl (C=O) groups excluding carboxylic acids is 1. The maximum Gasteiger partial charge on any atom is 0.230 e. The van der Waals surface area contributed by atoms with Gasteiger partial charge in [-0.25, -0.2) is 9.97 Å². The van der Waals surface area contributed by atoms with Gasteiger partial charge in [0.2, 0.25) is 5.91 Å². The van der Waals surface area contributed by atoms with Crippen molar-refractivity contribution < 1.29 is 9.21 Å². The van der Waals surface area contributed by atoms with E-state index in [1.165, 1.54) is 6.33 Å². The van der Waals surface area contributed by atoms with Crippen LogP contribution in [0.2, 0.25) is 0 Å². The Labute approximate surface area is 109 Å². The molecule has 0 aliphatic rings. The molecule has 0 saturated heterocycles. The molecule has 1 amide bonds. The molecule has 2 aromatic heterocycles. The van der Waals surface area contributed by atoms with Gasteiger partial charge < -0.3 is 9.73 Å². The van der Waals surface area contributed by atoms with Crippen LogP contribution in [0.25, 0.3) is 11.0 Å². The Morgan fingerprint density at radius 3 is 3.00 bits per heavy atom. The van der Waals surface area contributed by atoms with Gasteiger partial charge in [-0.1, -0.05) is 18.2 Å². The van der Waals surface area contributed by atoms with E-state index in [0.29, 0.717) is 5.82 Å². The average Bonchev–Trinajstić information content (AvgIpc) is 2.83. The first-order chi connectivity index (χ1) is 9.33. The molecule has 0 aliphatic heterocycles. The van der Waals surface area contributed by atoms with Crippen molar-refractivity contribution >= 4 is 22.7 Å². The summed E-state index contributed by atoms with van der Waals surface area (Å²) < 4.78 is 5.39. The third-order valence-corrected chi connectivity index (χ3v) is 2.76. The second-order valence-electron chi connectivity index (χ2n) is 4.08. The number of furan rings is 1. The van der Waals surface area contributed by atoms with Gasteiger partial charge in [-0.3, -0.25) is 4.79 Å². The molecule has 1 N–H and O–H groups in total. The molecule has 0 spiro atoms. The highest BCUT2D eigenvalue weighted by molar-refractivity contribution is 5.94. The van der Waals surface area contributed by atoms with Gasteiger partial charge in [-0.2, -0.15) is 0 Å². The standard InChI is InChI=1S/C14H11N3O2/c18-14(17-13-5-6-15-9-16-13)7-10-8-19-12-4-2-1-3-11(10)12/h1-6,8-9H,7H2,(H,15,16,17,18). The first-order valence-corrected chi connectivity index (χ1v) is 5.84. The lowest BCUT2D eigenvalue weighted by molar-refractivity contribution is -0.115. The first-order valence-electron chi connectivity index (χ1n) is 5.84. The Morgan fingerprint density at radius 2 is 2.16 bits per heavy atom. The zero-order valence-corrected chi connectivity index (χ0v) is 10.0. The van der Waals surface area contributed by atoms with Crippen molar-refractivity contribution in [2.75, 3.05) is 5.32 Å². The summed E-state index contributed by atoms with van der Waals surface area (Å²) in [5, 5.41) is 3.67. The molecule has 2 heterocycles. The van der Waals surface area contributed by atoms with E-state index < -0.39 is 0 Å². The Morgan fingerprint density at radius 1 is 1.26 bits per heavy atom. The summed E-state index contributed by atoms with van der Waals surface area (Å²) in [6.07, 6.45) is 4.84. The third-order valence-electron chi connectivity index (χ3n) is 2.76. The molecule has 0 saturated carbocycles.